The van der Waals surface area contributed by atoms with Crippen LogP contribution in [-0.2, 0) is 44.5 Å². The summed E-state index contributed by atoms with van der Waals surface area (Å²) in [5.41, 5.74) is 0.429. The van der Waals surface area contributed by atoms with Gasteiger partial charge in [0.05, 0.1) is 5.92 Å². The molecular weight excluding hydrogens is 647 g/mol. The second-order valence-corrected chi connectivity index (χ2v) is 11.9. The van der Waals surface area contributed by atoms with Crippen LogP contribution in [0.3, 0.4) is 0 Å². The molecule has 1 aromatic carbocycles. The average molecular weight is 689 g/mol. The van der Waals surface area contributed by atoms with Crippen LogP contribution in [0.15, 0.2) is 24.3 Å². The highest BCUT2D eigenvalue weighted by Gasteiger charge is 2.33. The fraction of sp³-hybridized carbons (Fsp3) is 0.536. The number of benzene rings is 1. The van der Waals surface area contributed by atoms with Gasteiger partial charge in [0, 0.05) is 26.3 Å². The number of hydrogen-bond donors (Lipinski definition) is 9. The predicted molar refractivity (Wildman–Crippen MR) is 162 cm³/mol. The summed E-state index contributed by atoms with van der Waals surface area (Å²) in [6.45, 7) is 3.26. The highest BCUT2D eigenvalue weighted by atomic mass is 31.2. The smallest absolute Gasteiger partial charge is 0.481 e. The number of phosphoric ester groups is 1. The minimum atomic E-state index is -4.83. The maximum atomic E-state index is 13.4. The Kier molecular flexibility index (Phi) is 16.5. The number of nitrogens with one attached hydrogen (secondary N) is 4. The van der Waals surface area contributed by atoms with Crippen LogP contribution in [0, 0.1) is 11.8 Å². The molecule has 0 unspecified atom stereocenters. The molecular formula is C28H41N4O14P. The first-order valence-corrected chi connectivity index (χ1v) is 16.0. The number of aliphatic carboxylic acids is 3. The van der Waals surface area contributed by atoms with Gasteiger partial charge < -0.3 is 41.1 Å². The summed E-state index contributed by atoms with van der Waals surface area (Å²) in [6, 6.07) is 0.731. The summed E-state index contributed by atoms with van der Waals surface area (Å²) in [5, 5.41) is 37.3. The number of amides is 4. The minimum Gasteiger partial charge on any atom is -0.481 e. The van der Waals surface area contributed by atoms with Crippen LogP contribution in [-0.4, -0.2) is 91.8 Å². The van der Waals surface area contributed by atoms with Crippen molar-refractivity contribution in [2.75, 3.05) is 7.05 Å². The van der Waals surface area contributed by atoms with Crippen molar-refractivity contribution < 1.29 is 67.8 Å². The van der Waals surface area contributed by atoms with Gasteiger partial charge in [0.2, 0.25) is 23.6 Å². The quantitative estimate of drug-likeness (QED) is 0.0754. The van der Waals surface area contributed by atoms with E-state index in [1.165, 1.54) is 31.3 Å². The first-order valence-electron chi connectivity index (χ1n) is 14.5. The maximum absolute atomic E-state index is 13.4. The molecule has 9 N–H and O–H groups in total. The summed E-state index contributed by atoms with van der Waals surface area (Å²) < 4.78 is 15.6. The zero-order chi connectivity index (χ0) is 35.9. The van der Waals surface area contributed by atoms with Crippen molar-refractivity contribution in [2.45, 2.75) is 76.9 Å². The van der Waals surface area contributed by atoms with Crippen molar-refractivity contribution in [2.24, 2.45) is 11.8 Å². The summed E-state index contributed by atoms with van der Waals surface area (Å²) in [5.74, 6) is -9.30. The molecule has 0 aromatic heterocycles. The largest absolute Gasteiger partial charge is 0.524 e. The molecule has 0 aliphatic carbocycles. The topological polar surface area (TPSA) is 295 Å². The lowest BCUT2D eigenvalue weighted by Gasteiger charge is -2.26. The summed E-state index contributed by atoms with van der Waals surface area (Å²) in [4.78, 5) is 104. The van der Waals surface area contributed by atoms with Crippen molar-refractivity contribution in [1.29, 1.82) is 0 Å². The predicted octanol–water partition coefficient (Wildman–Crippen LogP) is -0.232. The first-order chi connectivity index (χ1) is 21.9. The summed E-state index contributed by atoms with van der Waals surface area (Å²) in [6.07, 6.45) is -2.26. The fourth-order valence-electron chi connectivity index (χ4n) is 4.26. The van der Waals surface area contributed by atoms with Crippen LogP contribution in [0.2, 0.25) is 0 Å². The third-order valence-electron chi connectivity index (χ3n) is 7.05. The van der Waals surface area contributed by atoms with Crippen molar-refractivity contribution in [3.8, 4) is 5.75 Å². The monoisotopic (exact) mass is 688 g/mol. The van der Waals surface area contributed by atoms with Gasteiger partial charge in [-0.25, -0.2) is 9.36 Å². The van der Waals surface area contributed by atoms with Gasteiger partial charge in [-0.2, -0.15) is 0 Å². The van der Waals surface area contributed by atoms with E-state index in [1.54, 1.807) is 13.8 Å². The number of phosphoric acid groups is 1. The van der Waals surface area contributed by atoms with Gasteiger partial charge in [-0.15, -0.1) is 0 Å². The van der Waals surface area contributed by atoms with Gasteiger partial charge in [0.15, 0.2) is 0 Å². The number of hydrogen-bond acceptors (Lipinski definition) is 9. The number of carboxylic acids is 3. The molecule has 1 rings (SSSR count). The number of carbonyl (C=O) groups is 7. The highest BCUT2D eigenvalue weighted by Crippen LogP contribution is 2.37. The zero-order valence-corrected chi connectivity index (χ0v) is 26.9. The van der Waals surface area contributed by atoms with Gasteiger partial charge in [0.25, 0.3) is 0 Å². The van der Waals surface area contributed by atoms with E-state index in [1.807, 2.05) is 0 Å². The summed E-state index contributed by atoms with van der Waals surface area (Å²) in [7, 11) is -3.50. The molecule has 5 atom stereocenters. The van der Waals surface area contributed by atoms with Crippen LogP contribution in [0.5, 0.6) is 5.75 Å². The molecule has 1 aromatic rings. The SMILES string of the molecule is CC[C@H](C)[C@H](NC(=O)[C@H](CCC(=O)O)NC(=O)[C@H](CCC(=O)O)NC(=O)[C@@H](CC(=O)NC)Cc1ccc(OP(=O)(O)O)cc1)C(=O)O. The lowest BCUT2D eigenvalue weighted by Crippen LogP contribution is -2.57. The Bertz CT molecular complexity index is 1330. The van der Waals surface area contributed by atoms with Gasteiger partial charge >= 0.3 is 25.7 Å². The van der Waals surface area contributed by atoms with Gasteiger partial charge in [-0.05, 0) is 42.9 Å². The standard InChI is InChI=1S/C28H41N4O14P/c1-4-15(2)24(28(41)42)32-27(40)20(10-12-23(36)37)31-26(39)19(9-11-22(34)35)30-25(38)17(14-21(33)29-3)13-16-5-7-18(8-6-16)46-47(43,44)45/h5-8,15,17,19-20,24H,4,9-14H2,1-3H3,(H,29,33)(H,30,38)(H,31,39)(H,32,40)(H,34,35)(H,36,37)(H,41,42)(H2,43,44,45)/t15-,17+,19-,20-,24-/m0/s1. The molecule has 0 aliphatic heterocycles. The molecule has 0 radical (unpaired) electrons. The van der Waals surface area contributed by atoms with Crippen LogP contribution in [0.25, 0.3) is 0 Å². The third kappa shape index (κ3) is 15.5. The molecule has 0 heterocycles. The Labute approximate surface area is 269 Å². The van der Waals surface area contributed by atoms with Gasteiger partial charge in [-0.1, -0.05) is 32.4 Å². The number of rotatable bonds is 21. The van der Waals surface area contributed by atoms with E-state index in [0.717, 1.165) is 0 Å². The Hall–Kier alpha value is -4.54. The second kappa shape index (κ2) is 19.2. The normalized spacial score (nSPS) is 14.3. The molecule has 0 saturated heterocycles. The van der Waals surface area contributed by atoms with Crippen molar-refractivity contribution >= 4 is 49.4 Å². The maximum Gasteiger partial charge on any atom is 0.524 e. The number of carboxylic acid groups (broad SMARTS) is 3. The molecule has 0 spiro atoms. The van der Waals surface area contributed by atoms with E-state index in [2.05, 4.69) is 25.8 Å². The third-order valence-corrected chi connectivity index (χ3v) is 7.50. The Morgan fingerprint density at radius 1 is 0.809 bits per heavy atom. The summed E-state index contributed by atoms with van der Waals surface area (Å²) >= 11 is 0. The number of carbonyl (C=O) groups excluding carboxylic acids is 4. The molecule has 0 aliphatic rings. The zero-order valence-electron chi connectivity index (χ0n) is 26.0. The molecule has 0 saturated carbocycles. The molecule has 19 heteroatoms. The van der Waals surface area contributed by atoms with Gasteiger partial charge in [0.1, 0.15) is 23.9 Å². The Balaban J connectivity index is 3.28. The highest BCUT2D eigenvalue weighted by molar-refractivity contribution is 7.46. The van der Waals surface area contributed by atoms with Crippen molar-refractivity contribution in [1.82, 2.24) is 21.3 Å². The molecule has 0 bridgehead atoms. The van der Waals surface area contributed by atoms with Crippen LogP contribution >= 0.6 is 7.82 Å². The minimum absolute atomic E-state index is 0.113. The van der Waals surface area contributed by atoms with E-state index < -0.39 is 105 Å². The molecule has 18 nitrogen and oxygen atoms in total. The van der Waals surface area contributed by atoms with Crippen LogP contribution in [0.4, 0.5) is 0 Å². The lowest BCUT2D eigenvalue weighted by atomic mass is 9.94. The van der Waals surface area contributed by atoms with Crippen LogP contribution < -0.4 is 25.8 Å². The van der Waals surface area contributed by atoms with Crippen LogP contribution in [0.1, 0.15) is 57.9 Å². The Morgan fingerprint density at radius 2 is 1.30 bits per heavy atom. The lowest BCUT2D eigenvalue weighted by molar-refractivity contribution is -0.144. The van der Waals surface area contributed by atoms with E-state index in [9.17, 15) is 48.3 Å². The Morgan fingerprint density at radius 3 is 1.72 bits per heavy atom. The van der Waals surface area contributed by atoms with E-state index in [-0.39, 0.29) is 18.6 Å². The molecule has 262 valence electrons. The molecule has 4 amide bonds. The van der Waals surface area contributed by atoms with E-state index in [4.69, 9.17) is 14.9 Å². The first kappa shape index (κ1) is 40.5. The van der Waals surface area contributed by atoms with Crippen molar-refractivity contribution in [3.63, 3.8) is 0 Å². The average Bonchev–Trinajstić information content (AvgIpc) is 2.98. The molecule has 0 fully saturated rings. The van der Waals surface area contributed by atoms with Gasteiger partial charge in [-0.3, -0.25) is 38.6 Å². The molecule has 47 heavy (non-hydrogen) atoms. The van der Waals surface area contributed by atoms with Crippen molar-refractivity contribution in [3.05, 3.63) is 29.8 Å². The van der Waals surface area contributed by atoms with E-state index >= 15 is 0 Å². The second-order valence-electron chi connectivity index (χ2n) is 10.7. The fourth-order valence-corrected chi connectivity index (χ4v) is 4.66. The van der Waals surface area contributed by atoms with E-state index in [0.29, 0.717) is 12.0 Å².